The van der Waals surface area contributed by atoms with E-state index in [-0.39, 0.29) is 0 Å². The van der Waals surface area contributed by atoms with E-state index in [9.17, 15) is 0 Å². The monoisotopic (exact) mass is 249 g/mol. The standard InChI is InChI=1S/C15H23NO2/c1-11(2)16-10-6-7-12(16)15-13(17-3)8-5-9-14(15)18-4/h5,8-9,11-12H,6-7,10H2,1-4H3/t12-/m1/s1. The first kappa shape index (κ1) is 13.2. The van der Waals surface area contributed by atoms with Gasteiger partial charge < -0.3 is 9.47 Å². The van der Waals surface area contributed by atoms with E-state index < -0.39 is 0 Å². The Balaban J connectivity index is 2.42. The summed E-state index contributed by atoms with van der Waals surface area (Å²) >= 11 is 0. The molecule has 0 radical (unpaired) electrons. The van der Waals surface area contributed by atoms with Crippen molar-refractivity contribution in [1.29, 1.82) is 0 Å². The van der Waals surface area contributed by atoms with Crippen LogP contribution in [0.3, 0.4) is 0 Å². The predicted molar refractivity (Wildman–Crippen MR) is 73.4 cm³/mol. The van der Waals surface area contributed by atoms with Crippen LogP contribution in [0.2, 0.25) is 0 Å². The Morgan fingerprint density at radius 1 is 1.17 bits per heavy atom. The molecular weight excluding hydrogens is 226 g/mol. The van der Waals surface area contributed by atoms with Gasteiger partial charge in [-0.25, -0.2) is 0 Å². The van der Waals surface area contributed by atoms with Crippen LogP contribution >= 0.6 is 0 Å². The molecular formula is C15H23NO2. The predicted octanol–water partition coefficient (Wildman–Crippen LogP) is 3.25. The third-order valence-electron chi connectivity index (χ3n) is 3.76. The molecule has 0 N–H and O–H groups in total. The van der Waals surface area contributed by atoms with Gasteiger partial charge >= 0.3 is 0 Å². The Bertz CT molecular complexity index is 381. The largest absolute Gasteiger partial charge is 0.496 e. The van der Waals surface area contributed by atoms with E-state index in [0.717, 1.165) is 18.0 Å². The van der Waals surface area contributed by atoms with E-state index in [1.807, 2.05) is 18.2 Å². The molecule has 1 heterocycles. The lowest BCUT2D eigenvalue weighted by Crippen LogP contribution is -2.30. The van der Waals surface area contributed by atoms with Gasteiger partial charge in [0.2, 0.25) is 0 Å². The van der Waals surface area contributed by atoms with Crippen molar-refractivity contribution in [2.24, 2.45) is 0 Å². The minimum atomic E-state index is 0.413. The lowest BCUT2D eigenvalue weighted by molar-refractivity contribution is 0.198. The molecule has 0 unspecified atom stereocenters. The summed E-state index contributed by atoms with van der Waals surface area (Å²) in [5.74, 6) is 1.87. The Kier molecular flexibility index (Phi) is 4.12. The van der Waals surface area contributed by atoms with Crippen molar-refractivity contribution in [2.75, 3.05) is 20.8 Å². The van der Waals surface area contributed by atoms with Crippen molar-refractivity contribution in [3.8, 4) is 11.5 Å². The van der Waals surface area contributed by atoms with E-state index in [0.29, 0.717) is 12.1 Å². The molecule has 0 spiro atoms. The lowest BCUT2D eigenvalue weighted by Gasteiger charge is -2.30. The Labute approximate surface area is 110 Å². The summed E-state index contributed by atoms with van der Waals surface area (Å²) in [5.41, 5.74) is 1.20. The summed E-state index contributed by atoms with van der Waals surface area (Å²) in [6.45, 7) is 5.66. The summed E-state index contributed by atoms with van der Waals surface area (Å²) in [6, 6.07) is 6.99. The van der Waals surface area contributed by atoms with E-state index in [4.69, 9.17) is 9.47 Å². The van der Waals surface area contributed by atoms with Crippen molar-refractivity contribution in [1.82, 2.24) is 4.90 Å². The highest BCUT2D eigenvalue weighted by molar-refractivity contribution is 5.47. The topological polar surface area (TPSA) is 21.7 Å². The zero-order valence-electron chi connectivity index (χ0n) is 11.8. The molecule has 0 saturated carbocycles. The van der Waals surface area contributed by atoms with Crippen LogP contribution in [0.4, 0.5) is 0 Å². The second-order valence-electron chi connectivity index (χ2n) is 5.07. The quantitative estimate of drug-likeness (QED) is 0.817. The van der Waals surface area contributed by atoms with Gasteiger partial charge in [0.1, 0.15) is 11.5 Å². The first-order chi connectivity index (χ1) is 8.69. The summed E-state index contributed by atoms with van der Waals surface area (Å²) in [5, 5.41) is 0. The van der Waals surface area contributed by atoms with Crippen LogP contribution in [0.1, 0.15) is 38.3 Å². The molecule has 3 heteroatoms. The average Bonchev–Trinajstić information content (AvgIpc) is 2.86. The zero-order valence-corrected chi connectivity index (χ0v) is 11.8. The molecule has 0 aliphatic carbocycles. The highest BCUT2D eigenvalue weighted by Gasteiger charge is 2.32. The summed E-state index contributed by atoms with van der Waals surface area (Å²) < 4.78 is 11.0. The number of rotatable bonds is 4. The molecule has 1 aromatic rings. The van der Waals surface area contributed by atoms with E-state index in [1.165, 1.54) is 18.4 Å². The number of likely N-dealkylation sites (tertiary alicyclic amines) is 1. The van der Waals surface area contributed by atoms with Crippen molar-refractivity contribution in [3.63, 3.8) is 0 Å². The molecule has 3 nitrogen and oxygen atoms in total. The van der Waals surface area contributed by atoms with Crippen LogP contribution in [-0.4, -0.2) is 31.7 Å². The Morgan fingerprint density at radius 3 is 2.28 bits per heavy atom. The molecule has 100 valence electrons. The SMILES string of the molecule is COc1cccc(OC)c1[C@H]1CCCN1C(C)C. The van der Waals surface area contributed by atoms with Crippen molar-refractivity contribution in [3.05, 3.63) is 23.8 Å². The maximum Gasteiger partial charge on any atom is 0.127 e. The third kappa shape index (κ3) is 2.32. The summed E-state index contributed by atoms with van der Waals surface area (Å²) in [4.78, 5) is 2.53. The molecule has 0 amide bonds. The third-order valence-corrected chi connectivity index (χ3v) is 3.76. The van der Waals surface area contributed by atoms with Gasteiger partial charge in [0.15, 0.2) is 0 Å². The smallest absolute Gasteiger partial charge is 0.127 e. The minimum absolute atomic E-state index is 0.413. The lowest BCUT2D eigenvalue weighted by atomic mass is 10.0. The zero-order chi connectivity index (χ0) is 13.1. The molecule has 1 atom stereocenters. The van der Waals surface area contributed by atoms with Gasteiger partial charge in [0.25, 0.3) is 0 Å². The fourth-order valence-corrected chi connectivity index (χ4v) is 2.93. The molecule has 18 heavy (non-hydrogen) atoms. The van der Waals surface area contributed by atoms with Crippen molar-refractivity contribution < 1.29 is 9.47 Å². The number of hydrogen-bond acceptors (Lipinski definition) is 3. The number of nitrogens with zero attached hydrogens (tertiary/aromatic N) is 1. The molecule has 1 aromatic carbocycles. The Hall–Kier alpha value is -1.22. The van der Waals surface area contributed by atoms with Gasteiger partial charge in [-0.05, 0) is 45.4 Å². The molecule has 1 saturated heterocycles. The van der Waals surface area contributed by atoms with Crippen molar-refractivity contribution >= 4 is 0 Å². The van der Waals surface area contributed by atoms with E-state index in [1.54, 1.807) is 14.2 Å². The molecule has 0 bridgehead atoms. The molecule has 2 rings (SSSR count). The number of benzene rings is 1. The maximum atomic E-state index is 5.52. The first-order valence-electron chi connectivity index (χ1n) is 6.65. The minimum Gasteiger partial charge on any atom is -0.496 e. The number of methoxy groups -OCH3 is 2. The van der Waals surface area contributed by atoms with Gasteiger partial charge in [-0.15, -0.1) is 0 Å². The van der Waals surface area contributed by atoms with Crippen molar-refractivity contribution in [2.45, 2.75) is 38.8 Å². The van der Waals surface area contributed by atoms with Gasteiger partial charge in [-0.3, -0.25) is 4.90 Å². The van der Waals surface area contributed by atoms with Gasteiger partial charge in [0, 0.05) is 12.1 Å². The highest BCUT2D eigenvalue weighted by Crippen LogP contribution is 2.42. The van der Waals surface area contributed by atoms with Crippen LogP contribution < -0.4 is 9.47 Å². The summed E-state index contributed by atoms with van der Waals surface area (Å²) in [6.07, 6.45) is 2.42. The fraction of sp³-hybridized carbons (Fsp3) is 0.600. The molecule has 1 aliphatic heterocycles. The first-order valence-corrected chi connectivity index (χ1v) is 6.65. The molecule has 1 fully saturated rings. The van der Waals surface area contributed by atoms with Gasteiger partial charge in [-0.2, -0.15) is 0 Å². The van der Waals surface area contributed by atoms with Crippen LogP contribution in [-0.2, 0) is 0 Å². The maximum absolute atomic E-state index is 5.52. The highest BCUT2D eigenvalue weighted by atomic mass is 16.5. The van der Waals surface area contributed by atoms with Crippen LogP contribution in [0.5, 0.6) is 11.5 Å². The second kappa shape index (κ2) is 5.61. The van der Waals surface area contributed by atoms with Crippen LogP contribution in [0, 0.1) is 0 Å². The van der Waals surface area contributed by atoms with E-state index in [2.05, 4.69) is 18.7 Å². The normalized spacial score (nSPS) is 20.4. The molecule has 0 aromatic heterocycles. The van der Waals surface area contributed by atoms with E-state index >= 15 is 0 Å². The number of hydrogen-bond donors (Lipinski definition) is 0. The second-order valence-corrected chi connectivity index (χ2v) is 5.07. The van der Waals surface area contributed by atoms with Gasteiger partial charge in [0.05, 0.1) is 19.8 Å². The molecule has 1 aliphatic rings. The number of ether oxygens (including phenoxy) is 2. The van der Waals surface area contributed by atoms with Gasteiger partial charge in [-0.1, -0.05) is 6.07 Å². The fourth-order valence-electron chi connectivity index (χ4n) is 2.93. The Morgan fingerprint density at radius 2 is 1.78 bits per heavy atom. The van der Waals surface area contributed by atoms with Crippen LogP contribution in [0.25, 0.3) is 0 Å². The summed E-state index contributed by atoms with van der Waals surface area (Å²) in [7, 11) is 3.46. The van der Waals surface area contributed by atoms with Crippen LogP contribution in [0.15, 0.2) is 18.2 Å². The average molecular weight is 249 g/mol.